The molecule has 1 aromatic carbocycles. The highest BCUT2D eigenvalue weighted by atomic mass is 79.9. The zero-order chi connectivity index (χ0) is 9.68. The van der Waals surface area contributed by atoms with E-state index < -0.39 is 0 Å². The first kappa shape index (κ1) is 10.5. The number of rotatable bonds is 4. The van der Waals surface area contributed by atoms with E-state index in [9.17, 15) is 0 Å². The third-order valence-electron chi connectivity index (χ3n) is 1.74. The summed E-state index contributed by atoms with van der Waals surface area (Å²) in [6.07, 6.45) is 0.864. The molecular weight excluding hydrogens is 230 g/mol. The van der Waals surface area contributed by atoms with Gasteiger partial charge in [0.15, 0.2) is 0 Å². The quantitative estimate of drug-likeness (QED) is 0.882. The molecule has 2 N–H and O–H groups in total. The Bertz CT molecular complexity index is 276. The summed E-state index contributed by atoms with van der Waals surface area (Å²) in [5.41, 5.74) is 6.67. The Kier molecular flexibility index (Phi) is 4.25. The smallest absolute Gasteiger partial charge is 0.123 e. The third-order valence-corrected chi connectivity index (χ3v) is 2.24. The van der Waals surface area contributed by atoms with Crippen LogP contribution in [0.4, 0.5) is 0 Å². The molecule has 0 aliphatic heterocycles. The fourth-order valence-corrected chi connectivity index (χ4v) is 1.52. The second-order valence-corrected chi connectivity index (χ2v) is 3.64. The Morgan fingerprint density at radius 1 is 1.46 bits per heavy atom. The molecule has 3 heteroatoms. The summed E-state index contributed by atoms with van der Waals surface area (Å²) in [5.74, 6) is 0.933. The van der Waals surface area contributed by atoms with E-state index in [1.807, 2.05) is 25.1 Å². The molecule has 0 saturated heterocycles. The van der Waals surface area contributed by atoms with Crippen molar-refractivity contribution in [3.8, 4) is 5.75 Å². The van der Waals surface area contributed by atoms with E-state index in [0.717, 1.165) is 16.6 Å². The summed E-state index contributed by atoms with van der Waals surface area (Å²) in [5, 5.41) is 0. The number of halogens is 1. The Balaban J connectivity index is 2.89. The van der Waals surface area contributed by atoms with Crippen molar-refractivity contribution < 1.29 is 4.74 Å². The maximum Gasteiger partial charge on any atom is 0.123 e. The van der Waals surface area contributed by atoms with Crippen LogP contribution in [-0.4, -0.2) is 13.2 Å². The predicted octanol–water partition coefficient (Wildman–Crippen LogP) is 2.35. The van der Waals surface area contributed by atoms with Gasteiger partial charge in [-0.1, -0.05) is 22.0 Å². The SMILES string of the molecule is CCOc1cc(Br)ccc1CCN. The van der Waals surface area contributed by atoms with Crippen molar-refractivity contribution in [3.63, 3.8) is 0 Å². The van der Waals surface area contributed by atoms with Gasteiger partial charge in [0.2, 0.25) is 0 Å². The molecule has 0 saturated carbocycles. The molecule has 0 atom stereocenters. The van der Waals surface area contributed by atoms with E-state index in [1.165, 1.54) is 5.56 Å². The average molecular weight is 244 g/mol. The number of hydrogen-bond donors (Lipinski definition) is 1. The zero-order valence-electron chi connectivity index (χ0n) is 7.72. The second-order valence-electron chi connectivity index (χ2n) is 2.72. The monoisotopic (exact) mass is 243 g/mol. The minimum Gasteiger partial charge on any atom is -0.494 e. The molecule has 72 valence electrons. The first-order chi connectivity index (χ1) is 6.27. The van der Waals surface area contributed by atoms with Crippen molar-refractivity contribution in [1.82, 2.24) is 0 Å². The van der Waals surface area contributed by atoms with Crippen LogP contribution < -0.4 is 10.5 Å². The molecule has 0 aromatic heterocycles. The molecule has 0 amide bonds. The predicted molar refractivity (Wildman–Crippen MR) is 58.1 cm³/mol. The third kappa shape index (κ3) is 3.01. The Hall–Kier alpha value is -0.540. The molecule has 0 unspecified atom stereocenters. The summed E-state index contributed by atoms with van der Waals surface area (Å²) in [7, 11) is 0. The van der Waals surface area contributed by atoms with Gasteiger partial charge < -0.3 is 10.5 Å². The van der Waals surface area contributed by atoms with Crippen molar-refractivity contribution in [3.05, 3.63) is 28.2 Å². The standard InChI is InChI=1S/C10H14BrNO/c1-2-13-10-7-9(11)4-3-8(10)5-6-12/h3-4,7H,2,5-6,12H2,1H3. The Morgan fingerprint density at radius 2 is 2.23 bits per heavy atom. The van der Waals surface area contributed by atoms with Crippen molar-refractivity contribution in [2.45, 2.75) is 13.3 Å². The van der Waals surface area contributed by atoms with Gasteiger partial charge in [0, 0.05) is 4.47 Å². The summed E-state index contributed by atoms with van der Waals surface area (Å²) in [6.45, 7) is 3.32. The van der Waals surface area contributed by atoms with E-state index >= 15 is 0 Å². The molecule has 0 spiro atoms. The molecule has 0 aliphatic carbocycles. The van der Waals surface area contributed by atoms with Gasteiger partial charge >= 0.3 is 0 Å². The summed E-state index contributed by atoms with van der Waals surface area (Å²) >= 11 is 3.41. The van der Waals surface area contributed by atoms with E-state index in [1.54, 1.807) is 0 Å². The lowest BCUT2D eigenvalue weighted by Crippen LogP contribution is -2.05. The van der Waals surface area contributed by atoms with Gasteiger partial charge in [-0.3, -0.25) is 0 Å². The zero-order valence-corrected chi connectivity index (χ0v) is 9.30. The normalized spacial score (nSPS) is 10.1. The van der Waals surface area contributed by atoms with Gasteiger partial charge in [-0.2, -0.15) is 0 Å². The lowest BCUT2D eigenvalue weighted by molar-refractivity contribution is 0.336. The Morgan fingerprint density at radius 3 is 2.85 bits per heavy atom. The lowest BCUT2D eigenvalue weighted by Gasteiger charge is -2.09. The van der Waals surface area contributed by atoms with Gasteiger partial charge in [0.1, 0.15) is 5.75 Å². The molecule has 0 fully saturated rings. The molecule has 0 bridgehead atoms. The van der Waals surface area contributed by atoms with Gasteiger partial charge in [-0.25, -0.2) is 0 Å². The van der Waals surface area contributed by atoms with E-state index in [2.05, 4.69) is 15.9 Å². The van der Waals surface area contributed by atoms with Crippen molar-refractivity contribution in [1.29, 1.82) is 0 Å². The lowest BCUT2D eigenvalue weighted by atomic mass is 10.1. The summed E-state index contributed by atoms with van der Waals surface area (Å²) in [4.78, 5) is 0. The molecule has 1 rings (SSSR count). The van der Waals surface area contributed by atoms with E-state index in [4.69, 9.17) is 10.5 Å². The first-order valence-electron chi connectivity index (χ1n) is 4.39. The topological polar surface area (TPSA) is 35.2 Å². The largest absolute Gasteiger partial charge is 0.494 e. The maximum atomic E-state index is 5.50. The second kappa shape index (κ2) is 5.25. The molecule has 0 radical (unpaired) electrons. The van der Waals surface area contributed by atoms with Crippen LogP contribution in [0.2, 0.25) is 0 Å². The Labute approximate surface area is 87.2 Å². The molecule has 13 heavy (non-hydrogen) atoms. The van der Waals surface area contributed by atoms with Crippen molar-refractivity contribution in [2.75, 3.05) is 13.2 Å². The average Bonchev–Trinajstić information content (AvgIpc) is 2.10. The summed E-state index contributed by atoms with van der Waals surface area (Å²) in [6, 6.07) is 6.03. The number of nitrogens with two attached hydrogens (primary N) is 1. The van der Waals surface area contributed by atoms with Crippen LogP contribution in [0.1, 0.15) is 12.5 Å². The maximum absolute atomic E-state index is 5.50. The van der Waals surface area contributed by atoms with Crippen molar-refractivity contribution in [2.24, 2.45) is 5.73 Å². The first-order valence-corrected chi connectivity index (χ1v) is 5.18. The van der Waals surface area contributed by atoms with Gasteiger partial charge in [-0.15, -0.1) is 0 Å². The van der Waals surface area contributed by atoms with Crippen LogP contribution in [0.15, 0.2) is 22.7 Å². The fourth-order valence-electron chi connectivity index (χ4n) is 1.18. The minimum absolute atomic E-state index is 0.654. The molecule has 2 nitrogen and oxygen atoms in total. The molecule has 0 aliphatic rings. The summed E-state index contributed by atoms with van der Waals surface area (Å²) < 4.78 is 6.52. The van der Waals surface area contributed by atoms with Crippen LogP contribution in [-0.2, 0) is 6.42 Å². The van der Waals surface area contributed by atoms with Crippen LogP contribution >= 0.6 is 15.9 Å². The van der Waals surface area contributed by atoms with E-state index in [-0.39, 0.29) is 0 Å². The van der Waals surface area contributed by atoms with Gasteiger partial charge in [-0.05, 0) is 37.6 Å². The highest BCUT2D eigenvalue weighted by Crippen LogP contribution is 2.23. The molecular formula is C10H14BrNO. The van der Waals surface area contributed by atoms with E-state index in [0.29, 0.717) is 13.2 Å². The van der Waals surface area contributed by atoms with Crippen LogP contribution in [0, 0.1) is 0 Å². The van der Waals surface area contributed by atoms with Crippen LogP contribution in [0.5, 0.6) is 5.75 Å². The van der Waals surface area contributed by atoms with Crippen molar-refractivity contribution >= 4 is 15.9 Å². The minimum atomic E-state index is 0.654. The number of benzene rings is 1. The number of ether oxygens (including phenoxy) is 1. The molecule has 1 aromatic rings. The highest BCUT2D eigenvalue weighted by Gasteiger charge is 2.02. The van der Waals surface area contributed by atoms with Crippen LogP contribution in [0.25, 0.3) is 0 Å². The number of hydrogen-bond acceptors (Lipinski definition) is 2. The van der Waals surface area contributed by atoms with Gasteiger partial charge in [0.05, 0.1) is 6.61 Å². The molecule has 0 heterocycles. The fraction of sp³-hybridized carbons (Fsp3) is 0.400. The van der Waals surface area contributed by atoms with Crippen LogP contribution in [0.3, 0.4) is 0 Å². The van der Waals surface area contributed by atoms with Gasteiger partial charge in [0.25, 0.3) is 0 Å². The highest BCUT2D eigenvalue weighted by molar-refractivity contribution is 9.10.